The number of rotatable bonds is 5. The Balaban J connectivity index is 2.55. The molecule has 1 aromatic rings. The molecule has 1 aromatic carbocycles. The molecule has 4 nitrogen and oxygen atoms in total. The van der Waals surface area contributed by atoms with Gasteiger partial charge in [-0.3, -0.25) is 4.79 Å². The normalized spacial score (nSPS) is 14.0. The van der Waals surface area contributed by atoms with Crippen molar-refractivity contribution < 1.29 is 15.0 Å². The molecule has 0 radical (unpaired) electrons. The standard InChI is InChI=1S/C13H18BrNO3/c1-8(5-9(2)16)7-15-13(18)11-4-3-10(14)6-12(11)17/h3-4,6,8-9,16-17H,5,7H2,1-2H3,(H,15,18)/t8-,9+/m0/s1. The second kappa shape index (κ2) is 6.75. The maximum atomic E-state index is 11.8. The van der Waals surface area contributed by atoms with Gasteiger partial charge in [-0.1, -0.05) is 22.9 Å². The molecule has 100 valence electrons. The van der Waals surface area contributed by atoms with Crippen LogP contribution in [0.15, 0.2) is 22.7 Å². The van der Waals surface area contributed by atoms with Gasteiger partial charge in [0.05, 0.1) is 11.7 Å². The van der Waals surface area contributed by atoms with Crippen molar-refractivity contribution in [1.82, 2.24) is 5.32 Å². The monoisotopic (exact) mass is 315 g/mol. The Bertz CT molecular complexity index is 421. The Kier molecular flexibility index (Phi) is 5.62. The van der Waals surface area contributed by atoms with E-state index in [9.17, 15) is 15.0 Å². The lowest BCUT2D eigenvalue weighted by molar-refractivity contribution is 0.0936. The summed E-state index contributed by atoms with van der Waals surface area (Å²) in [4.78, 5) is 11.8. The summed E-state index contributed by atoms with van der Waals surface area (Å²) < 4.78 is 0.721. The molecule has 0 bridgehead atoms. The van der Waals surface area contributed by atoms with E-state index in [1.807, 2.05) is 6.92 Å². The Labute approximate surface area is 115 Å². The van der Waals surface area contributed by atoms with Crippen molar-refractivity contribution in [1.29, 1.82) is 0 Å². The summed E-state index contributed by atoms with van der Waals surface area (Å²) in [5.74, 6) is -0.172. The minimum Gasteiger partial charge on any atom is -0.507 e. The molecule has 0 spiro atoms. The number of hydrogen-bond donors (Lipinski definition) is 3. The van der Waals surface area contributed by atoms with Crippen LogP contribution in [0.25, 0.3) is 0 Å². The number of hydrogen-bond acceptors (Lipinski definition) is 3. The smallest absolute Gasteiger partial charge is 0.255 e. The lowest BCUT2D eigenvalue weighted by Crippen LogP contribution is -2.29. The van der Waals surface area contributed by atoms with Crippen LogP contribution in [0.3, 0.4) is 0 Å². The van der Waals surface area contributed by atoms with Crippen molar-refractivity contribution in [3.05, 3.63) is 28.2 Å². The van der Waals surface area contributed by atoms with Gasteiger partial charge in [-0.05, 0) is 37.5 Å². The summed E-state index contributed by atoms with van der Waals surface area (Å²) in [6.45, 7) is 4.15. The zero-order chi connectivity index (χ0) is 13.7. The summed E-state index contributed by atoms with van der Waals surface area (Å²) in [6.07, 6.45) is 0.255. The van der Waals surface area contributed by atoms with Crippen molar-refractivity contribution in [3.8, 4) is 5.75 Å². The molecule has 0 heterocycles. The van der Waals surface area contributed by atoms with Gasteiger partial charge >= 0.3 is 0 Å². The average molecular weight is 316 g/mol. The largest absolute Gasteiger partial charge is 0.507 e. The van der Waals surface area contributed by atoms with E-state index < -0.39 is 0 Å². The van der Waals surface area contributed by atoms with Crippen LogP contribution in [0.5, 0.6) is 5.75 Å². The zero-order valence-corrected chi connectivity index (χ0v) is 12.1. The molecular formula is C13H18BrNO3. The fraction of sp³-hybridized carbons (Fsp3) is 0.462. The first-order chi connectivity index (χ1) is 8.40. The van der Waals surface area contributed by atoms with E-state index in [0.29, 0.717) is 13.0 Å². The van der Waals surface area contributed by atoms with Gasteiger partial charge in [-0.15, -0.1) is 0 Å². The van der Waals surface area contributed by atoms with E-state index >= 15 is 0 Å². The number of benzene rings is 1. The molecule has 5 heteroatoms. The van der Waals surface area contributed by atoms with Crippen LogP contribution in [0, 0.1) is 5.92 Å². The molecule has 0 aliphatic rings. The molecule has 0 unspecified atom stereocenters. The van der Waals surface area contributed by atoms with Gasteiger partial charge < -0.3 is 15.5 Å². The third kappa shape index (κ3) is 4.66. The lowest BCUT2D eigenvalue weighted by atomic mass is 10.0. The molecule has 0 saturated heterocycles. The summed E-state index contributed by atoms with van der Waals surface area (Å²) >= 11 is 3.22. The van der Waals surface area contributed by atoms with Crippen LogP contribution in [-0.4, -0.2) is 28.8 Å². The second-order valence-corrected chi connectivity index (χ2v) is 5.48. The molecule has 1 rings (SSSR count). The second-order valence-electron chi connectivity index (χ2n) is 4.56. The number of aliphatic hydroxyl groups is 1. The van der Waals surface area contributed by atoms with Crippen molar-refractivity contribution >= 4 is 21.8 Å². The molecule has 18 heavy (non-hydrogen) atoms. The van der Waals surface area contributed by atoms with Gasteiger partial charge in [-0.25, -0.2) is 0 Å². The first-order valence-corrected chi connectivity index (χ1v) is 6.64. The van der Waals surface area contributed by atoms with E-state index in [4.69, 9.17) is 0 Å². The number of phenols is 1. The Hall–Kier alpha value is -1.07. The number of carbonyl (C=O) groups excluding carboxylic acids is 1. The molecule has 0 aliphatic carbocycles. The van der Waals surface area contributed by atoms with Crippen LogP contribution in [0.4, 0.5) is 0 Å². The summed E-state index contributed by atoms with van der Waals surface area (Å²) in [7, 11) is 0. The molecule has 0 aliphatic heterocycles. The fourth-order valence-electron chi connectivity index (χ4n) is 1.72. The average Bonchev–Trinajstić information content (AvgIpc) is 2.25. The van der Waals surface area contributed by atoms with Gasteiger partial charge in [0.1, 0.15) is 5.75 Å². The van der Waals surface area contributed by atoms with Crippen LogP contribution in [0.2, 0.25) is 0 Å². The van der Waals surface area contributed by atoms with Crippen molar-refractivity contribution in [3.63, 3.8) is 0 Å². The topological polar surface area (TPSA) is 69.6 Å². The number of aromatic hydroxyl groups is 1. The first kappa shape index (κ1) is 15.0. The van der Waals surface area contributed by atoms with Crippen molar-refractivity contribution in [2.24, 2.45) is 5.92 Å². The highest BCUT2D eigenvalue weighted by atomic mass is 79.9. The van der Waals surface area contributed by atoms with Crippen LogP contribution in [-0.2, 0) is 0 Å². The Morgan fingerprint density at radius 2 is 2.11 bits per heavy atom. The molecular weight excluding hydrogens is 298 g/mol. The predicted molar refractivity (Wildman–Crippen MR) is 73.6 cm³/mol. The van der Waals surface area contributed by atoms with Gasteiger partial charge in [0.2, 0.25) is 0 Å². The Morgan fingerprint density at radius 1 is 1.44 bits per heavy atom. The number of carbonyl (C=O) groups is 1. The van der Waals surface area contributed by atoms with Crippen LogP contribution in [0.1, 0.15) is 30.6 Å². The highest BCUT2D eigenvalue weighted by Gasteiger charge is 2.13. The van der Waals surface area contributed by atoms with E-state index in [1.165, 1.54) is 6.07 Å². The Morgan fingerprint density at radius 3 is 2.67 bits per heavy atom. The van der Waals surface area contributed by atoms with Gasteiger partial charge in [0.25, 0.3) is 5.91 Å². The molecule has 1 amide bonds. The van der Waals surface area contributed by atoms with E-state index in [0.717, 1.165) is 4.47 Å². The SMILES string of the molecule is C[C@H](CNC(=O)c1ccc(Br)cc1O)C[C@@H](C)O. The fourth-order valence-corrected chi connectivity index (χ4v) is 2.07. The summed E-state index contributed by atoms with van der Waals surface area (Å²) in [6, 6.07) is 4.75. The lowest BCUT2D eigenvalue weighted by Gasteiger charge is -2.14. The summed E-state index contributed by atoms with van der Waals surface area (Å²) in [5.41, 5.74) is 0.252. The number of phenolic OH excluding ortho intramolecular Hbond substituents is 1. The number of nitrogens with one attached hydrogen (secondary N) is 1. The predicted octanol–water partition coefficient (Wildman–Crippen LogP) is 2.29. The number of amides is 1. The van der Waals surface area contributed by atoms with Crippen molar-refractivity contribution in [2.75, 3.05) is 6.54 Å². The summed E-state index contributed by atoms with van der Waals surface area (Å²) in [5, 5.41) is 21.6. The van der Waals surface area contributed by atoms with E-state index in [2.05, 4.69) is 21.2 Å². The van der Waals surface area contributed by atoms with Gasteiger partial charge in [-0.2, -0.15) is 0 Å². The molecule has 3 N–H and O–H groups in total. The molecule has 2 atom stereocenters. The van der Waals surface area contributed by atoms with Crippen LogP contribution < -0.4 is 5.32 Å². The third-order valence-corrected chi connectivity index (χ3v) is 3.05. The first-order valence-electron chi connectivity index (χ1n) is 5.85. The van der Waals surface area contributed by atoms with Crippen molar-refractivity contribution in [2.45, 2.75) is 26.4 Å². The van der Waals surface area contributed by atoms with E-state index in [1.54, 1.807) is 19.1 Å². The van der Waals surface area contributed by atoms with Gasteiger partial charge in [0.15, 0.2) is 0 Å². The highest BCUT2D eigenvalue weighted by Crippen LogP contribution is 2.22. The quantitative estimate of drug-likeness (QED) is 0.781. The zero-order valence-electron chi connectivity index (χ0n) is 10.5. The maximum Gasteiger partial charge on any atom is 0.255 e. The molecule has 0 aromatic heterocycles. The highest BCUT2D eigenvalue weighted by molar-refractivity contribution is 9.10. The number of aliphatic hydroxyl groups excluding tert-OH is 1. The van der Waals surface area contributed by atoms with Crippen LogP contribution >= 0.6 is 15.9 Å². The third-order valence-electron chi connectivity index (χ3n) is 2.56. The molecule has 0 fully saturated rings. The van der Waals surface area contributed by atoms with E-state index in [-0.39, 0.29) is 29.2 Å². The minimum absolute atomic E-state index is 0.0509. The number of halogens is 1. The molecule has 0 saturated carbocycles. The minimum atomic E-state index is -0.377. The van der Waals surface area contributed by atoms with Gasteiger partial charge in [0, 0.05) is 11.0 Å². The maximum absolute atomic E-state index is 11.8.